The Bertz CT molecular complexity index is 106. The summed E-state index contributed by atoms with van der Waals surface area (Å²) in [6.07, 6.45) is 2.77. The summed E-state index contributed by atoms with van der Waals surface area (Å²) in [7, 11) is 1.76. The minimum Gasteiger partial charge on any atom is -0.380 e. The molecule has 0 aromatic carbocycles. The van der Waals surface area contributed by atoms with E-state index >= 15 is 0 Å². The molecule has 0 aliphatic heterocycles. The largest absolute Gasteiger partial charge is 0.380 e. The Morgan fingerprint density at radius 1 is 1.25 bits per heavy atom. The van der Waals surface area contributed by atoms with Gasteiger partial charge >= 0.3 is 0 Å². The van der Waals surface area contributed by atoms with E-state index in [0.717, 1.165) is 0 Å². The molecule has 0 bridgehead atoms. The molecule has 12 heavy (non-hydrogen) atoms. The molecule has 0 saturated heterocycles. The van der Waals surface area contributed by atoms with Gasteiger partial charge in [0, 0.05) is 19.2 Å². The topological polar surface area (TPSA) is 21.3 Å². The molecule has 1 N–H and O–H groups in total. The minimum atomic E-state index is 0.296. The first-order chi connectivity index (χ1) is 5.61. The van der Waals surface area contributed by atoms with Crippen LogP contribution in [0.25, 0.3) is 0 Å². The number of methoxy groups -OCH3 is 1. The van der Waals surface area contributed by atoms with E-state index in [-0.39, 0.29) is 0 Å². The zero-order valence-electron chi connectivity index (χ0n) is 9.05. The van der Waals surface area contributed by atoms with Crippen LogP contribution in [0.15, 0.2) is 0 Å². The molecule has 0 aliphatic rings. The van der Waals surface area contributed by atoms with Crippen molar-refractivity contribution in [2.45, 2.75) is 58.7 Å². The summed E-state index contributed by atoms with van der Waals surface area (Å²) in [6, 6.07) is 1.04. The Labute approximate surface area is 76.7 Å². The first kappa shape index (κ1) is 11.9. The number of hydrogen-bond donors (Lipinski definition) is 1. The van der Waals surface area contributed by atoms with E-state index in [2.05, 4.69) is 33.0 Å². The maximum absolute atomic E-state index is 5.23. The Morgan fingerprint density at radius 3 is 2.25 bits per heavy atom. The quantitative estimate of drug-likeness (QED) is 0.665. The number of nitrogens with one attached hydrogen (secondary N) is 1. The standard InChI is InChI=1S/C10H23NO/c1-6-7-8(2)11-9(3)10(4)12-5/h8-11H,6-7H2,1-5H3. The molecule has 0 aromatic rings. The molecule has 0 saturated carbocycles. The fraction of sp³-hybridized carbons (Fsp3) is 1.00. The Kier molecular flexibility index (Phi) is 6.39. The molecular formula is C10H23NO. The summed E-state index contributed by atoms with van der Waals surface area (Å²) in [5.41, 5.74) is 0. The van der Waals surface area contributed by atoms with Gasteiger partial charge in [0.15, 0.2) is 0 Å². The van der Waals surface area contributed by atoms with Crippen LogP contribution in [-0.2, 0) is 4.74 Å². The third kappa shape index (κ3) is 4.73. The lowest BCUT2D eigenvalue weighted by Crippen LogP contribution is -2.41. The first-order valence-electron chi connectivity index (χ1n) is 4.90. The van der Waals surface area contributed by atoms with Gasteiger partial charge < -0.3 is 10.1 Å². The van der Waals surface area contributed by atoms with Crippen molar-refractivity contribution < 1.29 is 4.74 Å². The zero-order chi connectivity index (χ0) is 9.56. The Morgan fingerprint density at radius 2 is 1.83 bits per heavy atom. The minimum absolute atomic E-state index is 0.296. The summed E-state index contributed by atoms with van der Waals surface area (Å²) in [6.45, 7) is 8.70. The van der Waals surface area contributed by atoms with Gasteiger partial charge in [-0.15, -0.1) is 0 Å². The summed E-state index contributed by atoms with van der Waals surface area (Å²) in [4.78, 5) is 0. The van der Waals surface area contributed by atoms with Crippen LogP contribution in [0.5, 0.6) is 0 Å². The molecule has 0 radical (unpaired) electrons. The van der Waals surface area contributed by atoms with Crippen LogP contribution in [0.3, 0.4) is 0 Å². The van der Waals surface area contributed by atoms with Crippen LogP contribution in [0.1, 0.15) is 40.5 Å². The second-order valence-electron chi connectivity index (χ2n) is 3.59. The number of hydrogen-bond acceptors (Lipinski definition) is 2. The van der Waals surface area contributed by atoms with E-state index in [4.69, 9.17) is 4.74 Å². The molecule has 0 aromatic heterocycles. The molecule has 2 heteroatoms. The zero-order valence-corrected chi connectivity index (χ0v) is 9.05. The molecule has 74 valence electrons. The van der Waals surface area contributed by atoms with Crippen LogP contribution in [0, 0.1) is 0 Å². The van der Waals surface area contributed by atoms with Gasteiger partial charge in [0.1, 0.15) is 0 Å². The maximum Gasteiger partial charge on any atom is 0.0693 e. The third-order valence-electron chi connectivity index (χ3n) is 2.35. The maximum atomic E-state index is 5.23. The highest BCUT2D eigenvalue weighted by molar-refractivity contribution is 4.72. The molecule has 0 aliphatic carbocycles. The summed E-state index contributed by atoms with van der Waals surface area (Å²) < 4.78 is 5.23. The Hall–Kier alpha value is -0.0800. The fourth-order valence-corrected chi connectivity index (χ4v) is 1.30. The second kappa shape index (κ2) is 6.44. The highest BCUT2D eigenvalue weighted by atomic mass is 16.5. The fourth-order valence-electron chi connectivity index (χ4n) is 1.30. The van der Waals surface area contributed by atoms with E-state index in [1.807, 2.05) is 0 Å². The van der Waals surface area contributed by atoms with Crippen molar-refractivity contribution in [3.8, 4) is 0 Å². The van der Waals surface area contributed by atoms with Crippen molar-refractivity contribution in [2.75, 3.05) is 7.11 Å². The second-order valence-corrected chi connectivity index (χ2v) is 3.59. The molecule has 0 amide bonds. The van der Waals surface area contributed by atoms with Crippen LogP contribution < -0.4 is 5.32 Å². The average molecular weight is 173 g/mol. The van der Waals surface area contributed by atoms with E-state index in [1.165, 1.54) is 12.8 Å². The van der Waals surface area contributed by atoms with Crippen molar-refractivity contribution in [3.63, 3.8) is 0 Å². The SMILES string of the molecule is CCCC(C)NC(C)C(C)OC. The Balaban J connectivity index is 3.59. The molecule has 3 unspecified atom stereocenters. The third-order valence-corrected chi connectivity index (χ3v) is 2.35. The molecular weight excluding hydrogens is 150 g/mol. The molecule has 0 spiro atoms. The number of rotatable bonds is 6. The lowest BCUT2D eigenvalue weighted by molar-refractivity contribution is 0.0847. The van der Waals surface area contributed by atoms with Gasteiger partial charge in [-0.25, -0.2) is 0 Å². The van der Waals surface area contributed by atoms with Gasteiger partial charge in [-0.3, -0.25) is 0 Å². The lowest BCUT2D eigenvalue weighted by atomic mass is 10.1. The van der Waals surface area contributed by atoms with Gasteiger partial charge in [0.25, 0.3) is 0 Å². The van der Waals surface area contributed by atoms with Crippen LogP contribution in [-0.4, -0.2) is 25.3 Å². The van der Waals surface area contributed by atoms with Crippen molar-refractivity contribution in [2.24, 2.45) is 0 Å². The van der Waals surface area contributed by atoms with Crippen LogP contribution in [0.2, 0.25) is 0 Å². The van der Waals surface area contributed by atoms with Crippen LogP contribution >= 0.6 is 0 Å². The van der Waals surface area contributed by atoms with Gasteiger partial charge in [-0.2, -0.15) is 0 Å². The predicted molar refractivity (Wildman–Crippen MR) is 53.4 cm³/mol. The monoisotopic (exact) mass is 173 g/mol. The highest BCUT2D eigenvalue weighted by Gasteiger charge is 2.12. The normalized spacial score (nSPS) is 18.8. The summed E-state index contributed by atoms with van der Waals surface area (Å²) in [5.74, 6) is 0. The lowest BCUT2D eigenvalue weighted by Gasteiger charge is -2.24. The average Bonchev–Trinajstić information content (AvgIpc) is 2.03. The van der Waals surface area contributed by atoms with E-state index < -0.39 is 0 Å². The summed E-state index contributed by atoms with van der Waals surface area (Å²) >= 11 is 0. The molecule has 2 nitrogen and oxygen atoms in total. The van der Waals surface area contributed by atoms with Crippen molar-refractivity contribution in [3.05, 3.63) is 0 Å². The predicted octanol–water partition coefficient (Wildman–Crippen LogP) is 2.19. The van der Waals surface area contributed by atoms with Crippen molar-refractivity contribution >= 4 is 0 Å². The molecule has 3 atom stereocenters. The van der Waals surface area contributed by atoms with Gasteiger partial charge in [0.05, 0.1) is 6.10 Å². The van der Waals surface area contributed by atoms with Crippen molar-refractivity contribution in [1.29, 1.82) is 0 Å². The molecule has 0 fully saturated rings. The molecule has 0 heterocycles. The van der Waals surface area contributed by atoms with Gasteiger partial charge in [-0.1, -0.05) is 13.3 Å². The first-order valence-corrected chi connectivity index (χ1v) is 4.90. The highest BCUT2D eigenvalue weighted by Crippen LogP contribution is 2.01. The summed E-state index contributed by atoms with van der Waals surface area (Å²) in [5, 5.41) is 3.51. The van der Waals surface area contributed by atoms with Gasteiger partial charge in [0.2, 0.25) is 0 Å². The number of ether oxygens (including phenoxy) is 1. The van der Waals surface area contributed by atoms with E-state index in [9.17, 15) is 0 Å². The molecule has 0 rings (SSSR count). The van der Waals surface area contributed by atoms with E-state index in [0.29, 0.717) is 18.2 Å². The smallest absolute Gasteiger partial charge is 0.0693 e. The van der Waals surface area contributed by atoms with E-state index in [1.54, 1.807) is 7.11 Å². The van der Waals surface area contributed by atoms with Crippen molar-refractivity contribution in [1.82, 2.24) is 5.32 Å². The van der Waals surface area contributed by atoms with Crippen LogP contribution in [0.4, 0.5) is 0 Å². The van der Waals surface area contributed by atoms with Gasteiger partial charge in [-0.05, 0) is 27.2 Å².